The fourth-order valence-corrected chi connectivity index (χ4v) is 1.90. The predicted molar refractivity (Wildman–Crippen MR) is 70.6 cm³/mol. The first-order valence-electron chi connectivity index (χ1n) is 4.97. The van der Waals surface area contributed by atoms with Crippen LogP contribution in [0.15, 0.2) is 42.5 Å². The molecule has 0 aliphatic carbocycles. The van der Waals surface area contributed by atoms with Crippen molar-refractivity contribution in [2.45, 2.75) is 5.33 Å². The van der Waals surface area contributed by atoms with E-state index in [4.69, 9.17) is 16.3 Å². The molecular formula is C13H9BrClFO. The first kappa shape index (κ1) is 12.4. The molecule has 0 saturated heterocycles. The van der Waals surface area contributed by atoms with Gasteiger partial charge in [0.05, 0.1) is 0 Å². The monoisotopic (exact) mass is 314 g/mol. The van der Waals surface area contributed by atoms with Crippen LogP contribution in [-0.2, 0) is 5.33 Å². The topological polar surface area (TPSA) is 9.23 Å². The zero-order chi connectivity index (χ0) is 12.3. The van der Waals surface area contributed by atoms with Gasteiger partial charge in [0, 0.05) is 10.4 Å². The molecule has 1 nitrogen and oxygen atoms in total. The largest absolute Gasteiger partial charge is 0.454 e. The van der Waals surface area contributed by atoms with Gasteiger partial charge in [-0.25, -0.2) is 4.39 Å². The van der Waals surface area contributed by atoms with Gasteiger partial charge in [-0.05, 0) is 35.9 Å². The molecule has 2 aromatic rings. The van der Waals surface area contributed by atoms with Gasteiger partial charge in [0.1, 0.15) is 5.75 Å². The highest BCUT2D eigenvalue weighted by molar-refractivity contribution is 9.08. The fourth-order valence-electron chi connectivity index (χ4n) is 1.37. The lowest BCUT2D eigenvalue weighted by Crippen LogP contribution is -1.89. The summed E-state index contributed by atoms with van der Waals surface area (Å²) >= 11 is 9.09. The second kappa shape index (κ2) is 5.52. The number of benzene rings is 2. The molecule has 0 aliphatic rings. The standard InChI is InChI=1S/C13H9BrClFO/c14-8-9-4-5-13(12(16)6-9)17-11-3-1-2-10(15)7-11/h1-7H,8H2. The van der Waals surface area contributed by atoms with Gasteiger partial charge in [0.25, 0.3) is 0 Å². The van der Waals surface area contributed by atoms with Crippen molar-refractivity contribution in [3.63, 3.8) is 0 Å². The normalized spacial score (nSPS) is 10.3. The van der Waals surface area contributed by atoms with Crippen LogP contribution in [0.2, 0.25) is 5.02 Å². The van der Waals surface area contributed by atoms with Crippen LogP contribution in [0, 0.1) is 5.82 Å². The zero-order valence-corrected chi connectivity index (χ0v) is 11.1. The fraction of sp³-hybridized carbons (Fsp3) is 0.0769. The van der Waals surface area contributed by atoms with E-state index in [1.54, 1.807) is 36.4 Å². The molecule has 0 fully saturated rings. The van der Waals surface area contributed by atoms with Crippen LogP contribution in [0.4, 0.5) is 4.39 Å². The summed E-state index contributed by atoms with van der Waals surface area (Å²) in [6.07, 6.45) is 0. The quantitative estimate of drug-likeness (QED) is 0.710. The van der Waals surface area contributed by atoms with Gasteiger partial charge in [0.15, 0.2) is 11.6 Å². The molecule has 0 saturated carbocycles. The van der Waals surface area contributed by atoms with Gasteiger partial charge in [-0.1, -0.05) is 39.7 Å². The maximum Gasteiger partial charge on any atom is 0.166 e. The Labute approximate surface area is 112 Å². The molecule has 88 valence electrons. The maximum absolute atomic E-state index is 13.6. The summed E-state index contributed by atoms with van der Waals surface area (Å²) in [4.78, 5) is 0. The summed E-state index contributed by atoms with van der Waals surface area (Å²) in [5, 5.41) is 1.17. The Bertz CT molecular complexity index is 531. The second-order valence-electron chi connectivity index (χ2n) is 3.46. The molecule has 17 heavy (non-hydrogen) atoms. The Hall–Kier alpha value is -1.06. The SMILES string of the molecule is Fc1cc(CBr)ccc1Oc1cccc(Cl)c1. The van der Waals surface area contributed by atoms with Crippen molar-refractivity contribution >= 4 is 27.5 Å². The minimum Gasteiger partial charge on any atom is -0.454 e. The van der Waals surface area contributed by atoms with Gasteiger partial charge < -0.3 is 4.74 Å². The summed E-state index contributed by atoms with van der Waals surface area (Å²) in [5.41, 5.74) is 0.862. The average molecular weight is 316 g/mol. The van der Waals surface area contributed by atoms with Gasteiger partial charge in [-0.2, -0.15) is 0 Å². The van der Waals surface area contributed by atoms with Crippen molar-refractivity contribution in [1.82, 2.24) is 0 Å². The number of alkyl halides is 1. The van der Waals surface area contributed by atoms with Gasteiger partial charge >= 0.3 is 0 Å². The van der Waals surface area contributed by atoms with E-state index in [0.717, 1.165) is 5.56 Å². The van der Waals surface area contributed by atoms with Crippen LogP contribution in [0.25, 0.3) is 0 Å². The highest BCUT2D eigenvalue weighted by atomic mass is 79.9. The molecule has 0 bridgehead atoms. The van der Waals surface area contributed by atoms with E-state index in [-0.39, 0.29) is 11.6 Å². The number of hydrogen-bond donors (Lipinski definition) is 0. The smallest absolute Gasteiger partial charge is 0.166 e. The van der Waals surface area contributed by atoms with E-state index in [1.165, 1.54) is 6.07 Å². The Morgan fingerprint density at radius 3 is 2.65 bits per heavy atom. The highest BCUT2D eigenvalue weighted by Crippen LogP contribution is 2.27. The third kappa shape index (κ3) is 3.20. The molecule has 0 spiro atoms. The van der Waals surface area contributed by atoms with Crippen molar-refractivity contribution in [3.8, 4) is 11.5 Å². The Balaban J connectivity index is 2.24. The van der Waals surface area contributed by atoms with Crippen molar-refractivity contribution in [3.05, 3.63) is 58.9 Å². The average Bonchev–Trinajstić information content (AvgIpc) is 2.32. The second-order valence-corrected chi connectivity index (χ2v) is 4.46. The molecule has 0 aliphatic heterocycles. The lowest BCUT2D eigenvalue weighted by atomic mass is 10.2. The summed E-state index contributed by atoms with van der Waals surface area (Å²) in [6, 6.07) is 11.7. The zero-order valence-electron chi connectivity index (χ0n) is 8.79. The molecule has 4 heteroatoms. The Morgan fingerprint density at radius 1 is 1.18 bits per heavy atom. The van der Waals surface area contributed by atoms with Crippen molar-refractivity contribution < 1.29 is 9.13 Å². The van der Waals surface area contributed by atoms with E-state index in [0.29, 0.717) is 16.1 Å². The molecular weight excluding hydrogens is 306 g/mol. The molecule has 0 unspecified atom stereocenters. The van der Waals surface area contributed by atoms with Gasteiger partial charge in [-0.15, -0.1) is 0 Å². The van der Waals surface area contributed by atoms with Crippen LogP contribution in [0.3, 0.4) is 0 Å². The number of ether oxygens (including phenoxy) is 1. The van der Waals surface area contributed by atoms with Gasteiger partial charge in [-0.3, -0.25) is 0 Å². The van der Waals surface area contributed by atoms with Crippen LogP contribution >= 0.6 is 27.5 Å². The molecule has 0 heterocycles. The summed E-state index contributed by atoms with van der Waals surface area (Å²) < 4.78 is 19.1. The van der Waals surface area contributed by atoms with Crippen molar-refractivity contribution in [2.24, 2.45) is 0 Å². The van der Waals surface area contributed by atoms with E-state index in [9.17, 15) is 4.39 Å². The number of halogens is 3. The third-order valence-corrected chi connectivity index (χ3v) is 3.06. The first-order valence-corrected chi connectivity index (χ1v) is 6.47. The summed E-state index contributed by atoms with van der Waals surface area (Å²) in [7, 11) is 0. The summed E-state index contributed by atoms with van der Waals surface area (Å²) in [5.74, 6) is 0.321. The number of rotatable bonds is 3. The Kier molecular flexibility index (Phi) is 4.02. The molecule has 0 amide bonds. The van der Waals surface area contributed by atoms with Crippen molar-refractivity contribution in [1.29, 1.82) is 0 Å². The minimum absolute atomic E-state index is 0.192. The van der Waals surface area contributed by atoms with Crippen LogP contribution in [0.1, 0.15) is 5.56 Å². The lowest BCUT2D eigenvalue weighted by molar-refractivity contribution is 0.442. The third-order valence-electron chi connectivity index (χ3n) is 2.17. The van der Waals surface area contributed by atoms with E-state index in [2.05, 4.69) is 15.9 Å². The first-order chi connectivity index (χ1) is 8.19. The lowest BCUT2D eigenvalue weighted by Gasteiger charge is -2.07. The summed E-state index contributed by atoms with van der Waals surface area (Å²) in [6.45, 7) is 0. The molecule has 2 aromatic carbocycles. The van der Waals surface area contributed by atoms with Crippen LogP contribution in [0.5, 0.6) is 11.5 Å². The van der Waals surface area contributed by atoms with E-state index >= 15 is 0 Å². The van der Waals surface area contributed by atoms with Crippen molar-refractivity contribution in [2.75, 3.05) is 0 Å². The predicted octanol–water partition coefficient (Wildman–Crippen LogP) is 5.17. The highest BCUT2D eigenvalue weighted by Gasteiger charge is 2.05. The van der Waals surface area contributed by atoms with E-state index in [1.807, 2.05) is 0 Å². The van der Waals surface area contributed by atoms with E-state index < -0.39 is 0 Å². The molecule has 0 aromatic heterocycles. The molecule has 0 radical (unpaired) electrons. The Morgan fingerprint density at radius 2 is 2.00 bits per heavy atom. The van der Waals surface area contributed by atoms with Crippen LogP contribution in [-0.4, -0.2) is 0 Å². The van der Waals surface area contributed by atoms with Crippen LogP contribution < -0.4 is 4.74 Å². The number of hydrogen-bond acceptors (Lipinski definition) is 1. The molecule has 0 N–H and O–H groups in total. The van der Waals surface area contributed by atoms with Gasteiger partial charge in [0.2, 0.25) is 0 Å². The minimum atomic E-state index is -0.387. The molecule has 0 atom stereocenters. The molecule has 2 rings (SSSR count). The maximum atomic E-state index is 13.6.